The van der Waals surface area contributed by atoms with E-state index in [1.807, 2.05) is 43.4 Å². The Bertz CT molecular complexity index is 1310. The Kier molecular flexibility index (Phi) is 10.7. The van der Waals surface area contributed by atoms with Gasteiger partial charge in [0.1, 0.15) is 11.6 Å². The van der Waals surface area contributed by atoms with Crippen LogP contribution in [0.1, 0.15) is 51.2 Å². The van der Waals surface area contributed by atoms with Crippen molar-refractivity contribution in [3.05, 3.63) is 63.2 Å². The van der Waals surface area contributed by atoms with Crippen molar-refractivity contribution in [3.8, 4) is 6.07 Å². The summed E-state index contributed by atoms with van der Waals surface area (Å²) in [4.78, 5) is 27.3. The minimum Gasteiger partial charge on any atom is -0.444 e. The van der Waals surface area contributed by atoms with Crippen molar-refractivity contribution >= 4 is 44.6 Å². The van der Waals surface area contributed by atoms with Crippen LogP contribution < -0.4 is 10.0 Å². The van der Waals surface area contributed by atoms with Crippen molar-refractivity contribution in [2.75, 3.05) is 19.6 Å². The minimum absolute atomic E-state index is 0.0918. The highest BCUT2D eigenvalue weighted by atomic mass is 127. The summed E-state index contributed by atoms with van der Waals surface area (Å²) >= 11 is 2.05. The molecule has 11 heteroatoms. The van der Waals surface area contributed by atoms with Gasteiger partial charge in [-0.2, -0.15) is 9.98 Å². The molecule has 3 rings (SSSR count). The van der Waals surface area contributed by atoms with Crippen LogP contribution in [0.15, 0.2) is 53.4 Å². The van der Waals surface area contributed by atoms with Crippen LogP contribution in [0.25, 0.3) is 0 Å². The van der Waals surface area contributed by atoms with E-state index in [4.69, 9.17) is 4.74 Å². The van der Waals surface area contributed by atoms with Gasteiger partial charge in [0.25, 0.3) is 0 Å². The molecule has 2 N–H and O–H groups in total. The van der Waals surface area contributed by atoms with E-state index in [0.29, 0.717) is 36.7 Å². The minimum atomic E-state index is -3.96. The number of benzene rings is 2. The third-order valence-corrected chi connectivity index (χ3v) is 8.49. The lowest BCUT2D eigenvalue weighted by Gasteiger charge is -2.34. The number of nitriles is 1. The summed E-state index contributed by atoms with van der Waals surface area (Å²) in [5.74, 6) is 0.0368. The van der Waals surface area contributed by atoms with Crippen molar-refractivity contribution < 1.29 is 22.7 Å². The van der Waals surface area contributed by atoms with Crippen molar-refractivity contribution in [1.29, 1.82) is 5.26 Å². The van der Waals surface area contributed by atoms with Gasteiger partial charge in [0.2, 0.25) is 15.9 Å². The topological polar surface area (TPSA) is 129 Å². The molecule has 2 amide bonds. The maximum Gasteiger partial charge on any atom is 0.407 e. The predicted molar refractivity (Wildman–Crippen MR) is 156 cm³/mol. The van der Waals surface area contributed by atoms with Crippen LogP contribution in [0.5, 0.6) is 0 Å². The van der Waals surface area contributed by atoms with Crippen molar-refractivity contribution in [1.82, 2.24) is 14.9 Å². The van der Waals surface area contributed by atoms with Gasteiger partial charge in [-0.3, -0.25) is 4.79 Å². The average molecular weight is 667 g/mol. The fourth-order valence-electron chi connectivity index (χ4n) is 4.43. The van der Waals surface area contributed by atoms with Crippen LogP contribution in [-0.4, -0.2) is 56.6 Å². The summed E-state index contributed by atoms with van der Waals surface area (Å²) in [5.41, 5.74) is 0.587. The van der Waals surface area contributed by atoms with Gasteiger partial charge >= 0.3 is 6.09 Å². The number of likely N-dealkylation sites (tertiary alicyclic amines) is 1. The fourth-order valence-corrected chi connectivity index (χ4v) is 6.42. The maximum absolute atomic E-state index is 13.6. The van der Waals surface area contributed by atoms with Gasteiger partial charge in [-0.1, -0.05) is 18.2 Å². The smallest absolute Gasteiger partial charge is 0.407 e. The number of ether oxygens (including phenoxy) is 1. The molecule has 1 aliphatic rings. The Hall–Kier alpha value is -2.69. The van der Waals surface area contributed by atoms with E-state index in [1.54, 1.807) is 47.4 Å². The summed E-state index contributed by atoms with van der Waals surface area (Å²) in [6.45, 7) is 6.92. The summed E-state index contributed by atoms with van der Waals surface area (Å²) in [6.07, 6.45) is 1.95. The van der Waals surface area contributed by atoms with Crippen molar-refractivity contribution in [2.24, 2.45) is 5.92 Å². The number of sulfonamides is 1. The molecule has 0 radical (unpaired) electrons. The van der Waals surface area contributed by atoms with Crippen molar-refractivity contribution in [2.45, 2.75) is 63.0 Å². The molecule has 0 spiro atoms. The number of rotatable bonds is 9. The normalized spacial score (nSPS) is 15.3. The van der Waals surface area contributed by atoms with E-state index in [1.165, 1.54) is 6.07 Å². The van der Waals surface area contributed by atoms with Gasteiger partial charge in [-0.05, 0) is 111 Å². The lowest BCUT2D eigenvalue weighted by molar-refractivity contribution is -0.134. The number of carbonyl (C=O) groups is 2. The number of halogens is 1. The van der Waals surface area contributed by atoms with Crippen molar-refractivity contribution in [3.63, 3.8) is 0 Å². The molecule has 1 saturated heterocycles. The summed E-state index contributed by atoms with van der Waals surface area (Å²) in [7, 11) is -3.96. The monoisotopic (exact) mass is 666 g/mol. The van der Waals surface area contributed by atoms with Gasteiger partial charge in [0.05, 0.1) is 16.5 Å². The second kappa shape index (κ2) is 13.6. The molecule has 9 nitrogen and oxygen atoms in total. The molecule has 2 aromatic rings. The predicted octanol–water partition coefficient (Wildman–Crippen LogP) is 4.21. The van der Waals surface area contributed by atoms with Gasteiger partial charge < -0.3 is 15.0 Å². The first-order valence-electron chi connectivity index (χ1n) is 12.9. The Labute approximate surface area is 244 Å². The standard InChI is InChI=1S/C28H35IN4O5S/c1-28(2,3)38-27(35)31-13-10-20-11-14-33(15-12-20)26(34)25(17-21-6-4-7-22(16-21)19-30)32-39(36,37)24-9-5-8-23(29)18-24/h4-9,16,18,20,25,32H,10-15,17H2,1-3H3,(H,31,35)/t25-/m0/s1. The summed E-state index contributed by atoms with van der Waals surface area (Å²) in [5, 5.41) is 12.0. The van der Waals surface area contributed by atoms with E-state index in [-0.39, 0.29) is 17.2 Å². The third kappa shape index (κ3) is 9.77. The van der Waals surface area contributed by atoms with Crippen LogP contribution in [0, 0.1) is 20.8 Å². The number of piperidine rings is 1. The highest BCUT2D eigenvalue weighted by Gasteiger charge is 2.32. The number of nitrogens with one attached hydrogen (secondary N) is 2. The number of nitrogens with zero attached hydrogens (tertiary/aromatic N) is 2. The molecule has 0 unspecified atom stereocenters. The van der Waals surface area contributed by atoms with Gasteiger partial charge in [0.15, 0.2) is 0 Å². The van der Waals surface area contributed by atoms with E-state index < -0.39 is 27.8 Å². The Morgan fingerprint density at radius 3 is 2.49 bits per heavy atom. The van der Waals surface area contributed by atoms with Crippen LogP contribution in [-0.2, 0) is 26.0 Å². The molecular formula is C28H35IN4O5S. The number of amides is 2. The first-order valence-corrected chi connectivity index (χ1v) is 15.4. The zero-order chi connectivity index (χ0) is 28.6. The number of hydrogen-bond acceptors (Lipinski definition) is 6. The van der Waals surface area contributed by atoms with Gasteiger partial charge in [-0.25, -0.2) is 13.2 Å². The fraction of sp³-hybridized carbons (Fsp3) is 0.464. The first kappa shape index (κ1) is 30.8. The average Bonchev–Trinajstić information content (AvgIpc) is 2.87. The molecule has 1 fully saturated rings. The Morgan fingerprint density at radius 2 is 1.85 bits per heavy atom. The zero-order valence-corrected chi connectivity index (χ0v) is 25.4. The second-order valence-corrected chi connectivity index (χ2v) is 13.6. The molecule has 0 saturated carbocycles. The molecule has 2 aromatic carbocycles. The highest BCUT2D eigenvalue weighted by Crippen LogP contribution is 2.22. The van der Waals surface area contributed by atoms with E-state index in [0.717, 1.165) is 22.8 Å². The molecule has 0 aliphatic carbocycles. The van der Waals surface area contributed by atoms with Crippen LogP contribution in [0.4, 0.5) is 4.79 Å². The lowest BCUT2D eigenvalue weighted by Crippen LogP contribution is -2.51. The van der Waals surface area contributed by atoms with Crippen LogP contribution in [0.3, 0.4) is 0 Å². The molecule has 0 bridgehead atoms. The van der Waals surface area contributed by atoms with E-state index in [9.17, 15) is 23.3 Å². The second-order valence-electron chi connectivity index (χ2n) is 10.6. The lowest BCUT2D eigenvalue weighted by atomic mass is 9.93. The van der Waals surface area contributed by atoms with Gasteiger partial charge in [0, 0.05) is 23.2 Å². The van der Waals surface area contributed by atoms with E-state index >= 15 is 0 Å². The molecule has 210 valence electrons. The number of hydrogen-bond donors (Lipinski definition) is 2. The zero-order valence-electron chi connectivity index (χ0n) is 22.4. The largest absolute Gasteiger partial charge is 0.444 e. The summed E-state index contributed by atoms with van der Waals surface area (Å²) in [6, 6.07) is 14.4. The Morgan fingerprint density at radius 1 is 1.15 bits per heavy atom. The van der Waals surface area contributed by atoms with Crippen LogP contribution in [0.2, 0.25) is 0 Å². The molecular weight excluding hydrogens is 631 g/mol. The molecule has 0 aromatic heterocycles. The van der Waals surface area contributed by atoms with E-state index in [2.05, 4.69) is 16.1 Å². The van der Waals surface area contributed by atoms with Crippen LogP contribution >= 0.6 is 22.6 Å². The van der Waals surface area contributed by atoms with Gasteiger partial charge in [-0.15, -0.1) is 0 Å². The number of alkyl carbamates (subject to hydrolysis) is 1. The molecule has 39 heavy (non-hydrogen) atoms. The first-order chi connectivity index (χ1) is 18.4. The Balaban J connectivity index is 1.66. The highest BCUT2D eigenvalue weighted by molar-refractivity contribution is 14.1. The molecule has 1 atom stereocenters. The SMILES string of the molecule is CC(C)(C)OC(=O)NCCC1CCN(C(=O)[C@H](Cc2cccc(C#N)c2)NS(=O)(=O)c2cccc(I)c2)CC1. The third-order valence-electron chi connectivity index (χ3n) is 6.34. The summed E-state index contributed by atoms with van der Waals surface area (Å²) < 4.78 is 35.1. The molecule has 1 heterocycles. The number of carbonyl (C=O) groups excluding carboxylic acids is 2. The maximum atomic E-state index is 13.6. The molecule has 1 aliphatic heterocycles. The quantitative estimate of drug-likeness (QED) is 0.386.